The Balaban J connectivity index is 1.28. The number of amides is 3. The van der Waals surface area contributed by atoms with Crippen molar-refractivity contribution in [2.45, 2.75) is 26.9 Å². The van der Waals surface area contributed by atoms with E-state index in [0.29, 0.717) is 25.3 Å². The molecule has 0 saturated carbocycles. The van der Waals surface area contributed by atoms with Crippen LogP contribution in [-0.2, 0) is 11.3 Å². The first-order chi connectivity index (χ1) is 17.0. The number of pyridine rings is 1. The fourth-order valence-corrected chi connectivity index (χ4v) is 4.07. The fourth-order valence-electron chi connectivity index (χ4n) is 4.07. The van der Waals surface area contributed by atoms with Crippen molar-refractivity contribution in [2.75, 3.05) is 41.7 Å². The molecule has 1 fully saturated rings. The van der Waals surface area contributed by atoms with Gasteiger partial charge in [0.05, 0.1) is 11.9 Å². The van der Waals surface area contributed by atoms with Gasteiger partial charge >= 0.3 is 12.1 Å². The first-order valence-corrected chi connectivity index (χ1v) is 11.8. The van der Waals surface area contributed by atoms with Crippen molar-refractivity contribution in [1.82, 2.24) is 9.88 Å². The van der Waals surface area contributed by atoms with Crippen molar-refractivity contribution in [1.29, 1.82) is 0 Å². The van der Waals surface area contributed by atoms with Crippen molar-refractivity contribution >= 4 is 29.3 Å². The summed E-state index contributed by atoms with van der Waals surface area (Å²) in [6.45, 7) is 6.85. The summed E-state index contributed by atoms with van der Waals surface area (Å²) in [5, 5.41) is 5.75. The molecule has 4 rings (SSSR count). The molecule has 1 aliphatic rings. The molecule has 0 aliphatic carbocycles. The average Bonchev–Trinajstić information content (AvgIpc) is 3.13. The van der Waals surface area contributed by atoms with Gasteiger partial charge in [-0.25, -0.2) is 14.6 Å². The summed E-state index contributed by atoms with van der Waals surface area (Å²) in [6.07, 6.45) is 2.18. The maximum absolute atomic E-state index is 12.5. The van der Waals surface area contributed by atoms with Crippen LogP contribution in [0.1, 0.15) is 23.1 Å². The number of nitrogens with zero attached hydrogens (tertiary/aromatic N) is 3. The Hall–Kier alpha value is -4.07. The predicted octanol–water partition coefficient (Wildman–Crippen LogP) is 5.19. The Bertz CT molecular complexity index is 1130. The zero-order chi connectivity index (χ0) is 24.6. The van der Waals surface area contributed by atoms with Crippen LogP contribution in [0.25, 0.3) is 0 Å². The SMILES string of the molecule is Cc1cccc(C)c1NC(=O)Nc1ccc(N2CCCN(C(=O)OCc3ccccc3)CC2)nc1. The van der Waals surface area contributed by atoms with Gasteiger partial charge in [-0.1, -0.05) is 48.5 Å². The molecule has 1 aliphatic heterocycles. The third kappa shape index (κ3) is 6.50. The molecule has 0 radical (unpaired) electrons. The van der Waals surface area contributed by atoms with Crippen molar-refractivity contribution in [3.05, 3.63) is 83.6 Å². The lowest BCUT2D eigenvalue weighted by atomic mass is 10.1. The average molecular weight is 474 g/mol. The van der Waals surface area contributed by atoms with E-state index >= 15 is 0 Å². The van der Waals surface area contributed by atoms with Crippen LogP contribution in [0.5, 0.6) is 0 Å². The summed E-state index contributed by atoms with van der Waals surface area (Å²) < 4.78 is 5.48. The standard InChI is InChI=1S/C27H31N5O3/c1-20-8-6-9-21(2)25(20)30-26(33)29-23-12-13-24(28-18-23)31-14-7-15-32(17-16-31)27(34)35-19-22-10-4-3-5-11-22/h3-6,8-13,18H,7,14-17,19H2,1-2H3,(H2,29,30,33). The van der Waals surface area contributed by atoms with E-state index in [2.05, 4.69) is 20.5 Å². The van der Waals surface area contributed by atoms with Crippen LogP contribution in [0, 0.1) is 13.8 Å². The summed E-state index contributed by atoms with van der Waals surface area (Å²) in [7, 11) is 0. The van der Waals surface area contributed by atoms with Gasteiger partial charge in [-0.15, -0.1) is 0 Å². The molecule has 8 heteroatoms. The quantitative estimate of drug-likeness (QED) is 0.532. The lowest BCUT2D eigenvalue weighted by Gasteiger charge is -2.22. The molecular formula is C27H31N5O3. The number of aromatic nitrogens is 1. The number of ether oxygens (including phenoxy) is 1. The van der Waals surface area contributed by atoms with E-state index in [-0.39, 0.29) is 18.7 Å². The third-order valence-corrected chi connectivity index (χ3v) is 6.01. The first kappa shape index (κ1) is 24.1. The molecule has 2 N–H and O–H groups in total. The van der Waals surface area contributed by atoms with Crippen LogP contribution < -0.4 is 15.5 Å². The van der Waals surface area contributed by atoms with Crippen LogP contribution in [0.3, 0.4) is 0 Å². The molecule has 0 bridgehead atoms. The van der Waals surface area contributed by atoms with Gasteiger partial charge in [-0.2, -0.15) is 0 Å². The molecule has 8 nitrogen and oxygen atoms in total. The smallest absolute Gasteiger partial charge is 0.410 e. The zero-order valence-electron chi connectivity index (χ0n) is 20.2. The number of hydrogen-bond donors (Lipinski definition) is 2. The Labute approximate surface area is 205 Å². The highest BCUT2D eigenvalue weighted by Gasteiger charge is 2.21. The van der Waals surface area contributed by atoms with E-state index < -0.39 is 0 Å². The number of carbonyl (C=O) groups is 2. The minimum Gasteiger partial charge on any atom is -0.445 e. The molecule has 1 saturated heterocycles. The molecule has 35 heavy (non-hydrogen) atoms. The molecular weight excluding hydrogens is 442 g/mol. The van der Waals surface area contributed by atoms with E-state index in [9.17, 15) is 9.59 Å². The summed E-state index contributed by atoms with van der Waals surface area (Å²) in [5.41, 5.74) is 4.41. The summed E-state index contributed by atoms with van der Waals surface area (Å²) in [5.74, 6) is 0.810. The monoisotopic (exact) mass is 473 g/mol. The van der Waals surface area contributed by atoms with Gasteiger partial charge in [0.2, 0.25) is 0 Å². The van der Waals surface area contributed by atoms with Gasteiger partial charge in [0.25, 0.3) is 0 Å². The molecule has 0 unspecified atom stereocenters. The van der Waals surface area contributed by atoms with E-state index in [4.69, 9.17) is 4.74 Å². The van der Waals surface area contributed by atoms with E-state index in [1.807, 2.05) is 74.5 Å². The topological polar surface area (TPSA) is 86.8 Å². The van der Waals surface area contributed by atoms with Gasteiger partial charge in [0, 0.05) is 31.9 Å². The zero-order valence-corrected chi connectivity index (χ0v) is 20.2. The minimum absolute atomic E-state index is 0.271. The van der Waals surface area contributed by atoms with Crippen LogP contribution in [0.15, 0.2) is 66.9 Å². The number of anilines is 3. The second-order valence-electron chi connectivity index (χ2n) is 8.62. The molecule has 0 atom stereocenters. The van der Waals surface area contributed by atoms with Crippen LogP contribution >= 0.6 is 0 Å². The number of carbonyl (C=O) groups excluding carboxylic acids is 2. The molecule has 2 heterocycles. The highest BCUT2D eigenvalue weighted by Crippen LogP contribution is 2.21. The number of hydrogen-bond acceptors (Lipinski definition) is 5. The Morgan fingerprint density at radius 1 is 0.886 bits per heavy atom. The number of para-hydroxylation sites is 1. The van der Waals surface area contributed by atoms with E-state index in [1.165, 1.54) is 0 Å². The van der Waals surface area contributed by atoms with Crippen molar-refractivity contribution < 1.29 is 14.3 Å². The van der Waals surface area contributed by atoms with Crippen molar-refractivity contribution in [3.63, 3.8) is 0 Å². The number of nitrogens with one attached hydrogen (secondary N) is 2. The van der Waals surface area contributed by atoms with Crippen LogP contribution in [0.4, 0.5) is 26.8 Å². The van der Waals surface area contributed by atoms with Crippen LogP contribution in [0.2, 0.25) is 0 Å². The molecule has 3 aromatic rings. The van der Waals surface area contributed by atoms with Gasteiger partial charge in [0.1, 0.15) is 12.4 Å². The van der Waals surface area contributed by atoms with Crippen molar-refractivity contribution in [2.24, 2.45) is 0 Å². The molecule has 2 aromatic carbocycles. The first-order valence-electron chi connectivity index (χ1n) is 11.8. The second-order valence-corrected chi connectivity index (χ2v) is 8.62. The fraction of sp³-hybridized carbons (Fsp3) is 0.296. The molecule has 1 aromatic heterocycles. The predicted molar refractivity (Wildman–Crippen MR) is 138 cm³/mol. The van der Waals surface area contributed by atoms with Crippen LogP contribution in [-0.4, -0.2) is 48.2 Å². The lowest BCUT2D eigenvalue weighted by molar-refractivity contribution is 0.0986. The summed E-state index contributed by atoms with van der Waals surface area (Å²) >= 11 is 0. The van der Waals surface area contributed by atoms with Gasteiger partial charge in [-0.05, 0) is 49.1 Å². The Kier molecular flexibility index (Phi) is 7.82. The summed E-state index contributed by atoms with van der Waals surface area (Å²) in [4.78, 5) is 33.4. The Morgan fingerprint density at radius 2 is 1.66 bits per heavy atom. The third-order valence-electron chi connectivity index (χ3n) is 6.01. The van der Waals surface area contributed by atoms with Gasteiger partial charge in [0.15, 0.2) is 0 Å². The summed E-state index contributed by atoms with van der Waals surface area (Å²) in [6, 6.07) is 19.0. The maximum atomic E-state index is 12.5. The normalized spacial score (nSPS) is 13.7. The number of benzene rings is 2. The maximum Gasteiger partial charge on any atom is 0.410 e. The number of urea groups is 1. The highest BCUT2D eigenvalue weighted by molar-refractivity contribution is 6.00. The lowest BCUT2D eigenvalue weighted by Crippen LogP contribution is -2.35. The number of rotatable bonds is 5. The second kappa shape index (κ2) is 11.4. The highest BCUT2D eigenvalue weighted by atomic mass is 16.6. The minimum atomic E-state index is -0.309. The molecule has 3 amide bonds. The Morgan fingerprint density at radius 3 is 2.37 bits per heavy atom. The van der Waals surface area contributed by atoms with Gasteiger partial charge < -0.3 is 25.2 Å². The van der Waals surface area contributed by atoms with Gasteiger partial charge in [-0.3, -0.25) is 0 Å². The number of aryl methyl sites for hydroxylation is 2. The molecule has 182 valence electrons. The molecule has 0 spiro atoms. The van der Waals surface area contributed by atoms with Crippen molar-refractivity contribution in [3.8, 4) is 0 Å². The largest absolute Gasteiger partial charge is 0.445 e. The van der Waals surface area contributed by atoms with E-state index in [0.717, 1.165) is 41.2 Å². The van der Waals surface area contributed by atoms with E-state index in [1.54, 1.807) is 11.1 Å².